The standard InChI is InChI=1S/C17H24N4/c1-20-10-9-19-17(20)12-21(2)16(11-18)15-6-4-3-5-14(15)13-7-8-13/h3-6,9-10,13,16H,7-8,11-12,18H2,1-2H3. The Morgan fingerprint density at radius 2 is 2.14 bits per heavy atom. The highest BCUT2D eigenvalue weighted by molar-refractivity contribution is 5.35. The second-order valence-corrected chi connectivity index (χ2v) is 6.02. The van der Waals surface area contributed by atoms with E-state index in [1.165, 1.54) is 24.0 Å². The van der Waals surface area contributed by atoms with Crippen LogP contribution in [0.25, 0.3) is 0 Å². The lowest BCUT2D eigenvalue weighted by Crippen LogP contribution is -2.31. The van der Waals surface area contributed by atoms with Crippen LogP contribution in [0.5, 0.6) is 0 Å². The van der Waals surface area contributed by atoms with Crippen LogP contribution in [0.15, 0.2) is 36.7 Å². The molecule has 1 aliphatic carbocycles. The Morgan fingerprint density at radius 1 is 1.38 bits per heavy atom. The molecule has 1 aliphatic rings. The SMILES string of the molecule is CN(Cc1nccn1C)C(CN)c1ccccc1C1CC1. The van der Waals surface area contributed by atoms with Crippen molar-refractivity contribution in [2.24, 2.45) is 12.8 Å². The van der Waals surface area contributed by atoms with Crippen LogP contribution in [-0.2, 0) is 13.6 Å². The van der Waals surface area contributed by atoms with Crippen LogP contribution < -0.4 is 5.73 Å². The molecule has 1 saturated carbocycles. The van der Waals surface area contributed by atoms with Crippen molar-refractivity contribution in [1.82, 2.24) is 14.5 Å². The number of likely N-dealkylation sites (N-methyl/N-ethyl adjacent to an activating group) is 1. The summed E-state index contributed by atoms with van der Waals surface area (Å²) in [4.78, 5) is 6.73. The van der Waals surface area contributed by atoms with E-state index in [0.29, 0.717) is 6.54 Å². The van der Waals surface area contributed by atoms with Crippen LogP contribution >= 0.6 is 0 Å². The van der Waals surface area contributed by atoms with E-state index in [1.54, 1.807) is 0 Å². The summed E-state index contributed by atoms with van der Waals surface area (Å²) in [6, 6.07) is 9.02. The molecule has 4 nitrogen and oxygen atoms in total. The van der Waals surface area contributed by atoms with Crippen molar-refractivity contribution < 1.29 is 0 Å². The van der Waals surface area contributed by atoms with Gasteiger partial charge in [0.25, 0.3) is 0 Å². The first-order valence-corrected chi connectivity index (χ1v) is 7.66. The lowest BCUT2D eigenvalue weighted by Gasteiger charge is -2.29. The molecule has 2 aromatic rings. The van der Waals surface area contributed by atoms with Crippen LogP contribution in [0.3, 0.4) is 0 Å². The zero-order valence-electron chi connectivity index (χ0n) is 12.9. The minimum absolute atomic E-state index is 0.249. The smallest absolute Gasteiger partial charge is 0.122 e. The highest BCUT2D eigenvalue weighted by Gasteiger charge is 2.29. The van der Waals surface area contributed by atoms with E-state index in [1.807, 2.05) is 19.4 Å². The zero-order chi connectivity index (χ0) is 14.8. The van der Waals surface area contributed by atoms with E-state index in [-0.39, 0.29) is 6.04 Å². The summed E-state index contributed by atoms with van der Waals surface area (Å²) in [6.07, 6.45) is 6.46. The van der Waals surface area contributed by atoms with Gasteiger partial charge in [0.1, 0.15) is 5.82 Å². The molecule has 0 bridgehead atoms. The summed E-state index contributed by atoms with van der Waals surface area (Å²) in [5, 5.41) is 0. The van der Waals surface area contributed by atoms with E-state index in [9.17, 15) is 0 Å². The molecule has 4 heteroatoms. The van der Waals surface area contributed by atoms with Crippen molar-refractivity contribution in [1.29, 1.82) is 0 Å². The van der Waals surface area contributed by atoms with Crippen molar-refractivity contribution in [2.45, 2.75) is 31.3 Å². The number of aromatic nitrogens is 2. The monoisotopic (exact) mass is 284 g/mol. The number of benzene rings is 1. The van der Waals surface area contributed by atoms with Gasteiger partial charge < -0.3 is 10.3 Å². The predicted molar refractivity (Wildman–Crippen MR) is 84.9 cm³/mol. The average Bonchev–Trinajstić information content (AvgIpc) is 3.25. The Balaban J connectivity index is 1.82. The minimum atomic E-state index is 0.249. The molecule has 0 saturated heterocycles. The number of hydrogen-bond acceptors (Lipinski definition) is 3. The minimum Gasteiger partial charge on any atom is -0.337 e. The molecule has 0 radical (unpaired) electrons. The van der Waals surface area contributed by atoms with Crippen molar-refractivity contribution in [2.75, 3.05) is 13.6 Å². The number of rotatable bonds is 6. The largest absolute Gasteiger partial charge is 0.337 e. The molecule has 0 amide bonds. The molecule has 112 valence electrons. The Morgan fingerprint density at radius 3 is 2.76 bits per heavy atom. The maximum absolute atomic E-state index is 6.09. The Hall–Kier alpha value is -1.65. The molecule has 1 heterocycles. The predicted octanol–water partition coefficient (Wildman–Crippen LogP) is 2.43. The third kappa shape index (κ3) is 3.01. The van der Waals surface area contributed by atoms with E-state index in [0.717, 1.165) is 18.3 Å². The van der Waals surface area contributed by atoms with Gasteiger partial charge >= 0.3 is 0 Å². The molecule has 3 rings (SSSR count). The van der Waals surface area contributed by atoms with Gasteiger partial charge in [-0.3, -0.25) is 4.90 Å². The maximum atomic E-state index is 6.09. The van der Waals surface area contributed by atoms with Gasteiger partial charge in [-0.15, -0.1) is 0 Å². The van der Waals surface area contributed by atoms with Crippen LogP contribution in [0.2, 0.25) is 0 Å². The second kappa shape index (κ2) is 6.00. The molecule has 1 aromatic carbocycles. The maximum Gasteiger partial charge on any atom is 0.122 e. The molecular weight excluding hydrogens is 260 g/mol. The van der Waals surface area contributed by atoms with Gasteiger partial charge in [0.2, 0.25) is 0 Å². The molecule has 0 aliphatic heterocycles. The van der Waals surface area contributed by atoms with Crippen LogP contribution in [0.1, 0.15) is 41.8 Å². The molecule has 1 fully saturated rings. The summed E-state index contributed by atoms with van der Waals surface area (Å²) in [7, 11) is 4.17. The highest BCUT2D eigenvalue weighted by Crippen LogP contribution is 2.43. The van der Waals surface area contributed by atoms with Gasteiger partial charge in [-0.2, -0.15) is 0 Å². The lowest BCUT2D eigenvalue weighted by molar-refractivity contribution is 0.233. The van der Waals surface area contributed by atoms with Crippen LogP contribution in [-0.4, -0.2) is 28.0 Å². The van der Waals surface area contributed by atoms with Gasteiger partial charge in [0.05, 0.1) is 6.54 Å². The van der Waals surface area contributed by atoms with E-state index >= 15 is 0 Å². The summed E-state index contributed by atoms with van der Waals surface area (Å²) in [5.74, 6) is 1.82. The van der Waals surface area contributed by atoms with Gasteiger partial charge in [0.15, 0.2) is 0 Å². The zero-order valence-corrected chi connectivity index (χ0v) is 12.9. The highest BCUT2D eigenvalue weighted by atomic mass is 15.2. The Kier molecular flexibility index (Phi) is 4.08. The molecule has 1 atom stereocenters. The molecule has 2 N–H and O–H groups in total. The summed E-state index contributed by atoms with van der Waals surface area (Å²) in [6.45, 7) is 1.44. The van der Waals surface area contributed by atoms with Crippen molar-refractivity contribution in [3.8, 4) is 0 Å². The fourth-order valence-electron chi connectivity index (χ4n) is 3.01. The van der Waals surface area contributed by atoms with Crippen LogP contribution in [0, 0.1) is 0 Å². The van der Waals surface area contributed by atoms with Gasteiger partial charge in [-0.25, -0.2) is 4.98 Å². The van der Waals surface area contributed by atoms with Crippen molar-refractivity contribution >= 4 is 0 Å². The number of nitrogens with zero attached hydrogens (tertiary/aromatic N) is 3. The molecule has 0 spiro atoms. The van der Waals surface area contributed by atoms with Crippen molar-refractivity contribution in [3.63, 3.8) is 0 Å². The average molecular weight is 284 g/mol. The van der Waals surface area contributed by atoms with E-state index < -0.39 is 0 Å². The molecule has 1 unspecified atom stereocenters. The Labute approximate surface area is 126 Å². The fraction of sp³-hybridized carbons (Fsp3) is 0.471. The molecule has 1 aromatic heterocycles. The number of aryl methyl sites for hydroxylation is 1. The van der Waals surface area contributed by atoms with Gasteiger partial charge in [-0.05, 0) is 36.9 Å². The number of hydrogen-bond donors (Lipinski definition) is 1. The van der Waals surface area contributed by atoms with Gasteiger partial charge in [0, 0.05) is 32.0 Å². The summed E-state index contributed by atoms with van der Waals surface area (Å²) in [5.41, 5.74) is 8.97. The quantitative estimate of drug-likeness (QED) is 0.886. The first-order chi connectivity index (χ1) is 10.2. The second-order valence-electron chi connectivity index (χ2n) is 6.02. The first-order valence-electron chi connectivity index (χ1n) is 7.66. The third-order valence-electron chi connectivity index (χ3n) is 4.44. The number of nitrogens with two attached hydrogens (primary N) is 1. The first kappa shape index (κ1) is 14.3. The lowest BCUT2D eigenvalue weighted by atomic mass is 9.96. The molecule has 21 heavy (non-hydrogen) atoms. The van der Waals surface area contributed by atoms with Crippen LogP contribution in [0.4, 0.5) is 0 Å². The number of imidazole rings is 1. The summed E-state index contributed by atoms with van der Waals surface area (Å²) < 4.78 is 2.07. The normalized spacial score (nSPS) is 16.4. The van der Waals surface area contributed by atoms with E-state index in [2.05, 4.69) is 45.8 Å². The third-order valence-corrected chi connectivity index (χ3v) is 4.44. The summed E-state index contributed by atoms with van der Waals surface area (Å²) >= 11 is 0. The Bertz CT molecular complexity index is 600. The van der Waals surface area contributed by atoms with Gasteiger partial charge in [-0.1, -0.05) is 24.3 Å². The fourth-order valence-corrected chi connectivity index (χ4v) is 3.01. The van der Waals surface area contributed by atoms with E-state index in [4.69, 9.17) is 5.73 Å². The van der Waals surface area contributed by atoms with Crippen molar-refractivity contribution in [3.05, 3.63) is 53.6 Å². The topological polar surface area (TPSA) is 47.1 Å². The molecular formula is C17H24N4.